The number of aliphatic imine (C=N–C) groups is 1. The maximum Gasteiger partial charge on any atom is 0.328 e. The minimum absolute atomic E-state index is 0.104. The fourth-order valence-electron chi connectivity index (χ4n) is 2.91. The molecule has 0 fully saturated rings. The first kappa shape index (κ1) is 37.9. The zero-order valence-electron chi connectivity index (χ0n) is 23.7. The minimum Gasteiger partial charge on any atom is -0.467 e. The van der Waals surface area contributed by atoms with E-state index in [0.717, 1.165) is 0 Å². The summed E-state index contributed by atoms with van der Waals surface area (Å²) in [4.78, 5) is 42.2. The Morgan fingerprint density at radius 2 is 1.34 bits per heavy atom. The van der Waals surface area contributed by atoms with Gasteiger partial charge in [-0.15, -0.1) is 0 Å². The molecule has 2 amide bonds. The lowest BCUT2D eigenvalue weighted by atomic mass is 10.1. The lowest BCUT2D eigenvalue weighted by Gasteiger charge is -2.16. The van der Waals surface area contributed by atoms with Gasteiger partial charge in [0.15, 0.2) is 0 Å². The van der Waals surface area contributed by atoms with Crippen LogP contribution < -0.4 is 10.6 Å². The van der Waals surface area contributed by atoms with Crippen LogP contribution >= 0.6 is 0 Å². The molecule has 0 aliphatic carbocycles. The summed E-state index contributed by atoms with van der Waals surface area (Å²) < 4.78 is 36.3. The Morgan fingerprint density at radius 3 is 1.90 bits per heavy atom. The molecule has 17 heteroatoms. The standard InChI is InChI=1S/C24H43N7O10/c1-35-24(34)21(30-23(33)19-41-17-15-38-12-10-36-8-6-27-20-25)4-2-3-5-28-22(32)18-40-16-14-39-13-11-37-9-7-29-31-26/h21,25H,2-19H2,1H3,(H,28,32)(H,30,33). The van der Waals surface area contributed by atoms with Gasteiger partial charge in [0, 0.05) is 18.0 Å². The Morgan fingerprint density at radius 1 is 0.805 bits per heavy atom. The van der Waals surface area contributed by atoms with E-state index >= 15 is 0 Å². The monoisotopic (exact) mass is 589 g/mol. The minimum atomic E-state index is -0.822. The van der Waals surface area contributed by atoms with Gasteiger partial charge in [-0.25, -0.2) is 15.2 Å². The molecule has 1 atom stereocenters. The first-order chi connectivity index (χ1) is 20.0. The molecular formula is C24H43N7O10. The van der Waals surface area contributed by atoms with Gasteiger partial charge in [-0.3, -0.25) is 9.59 Å². The number of unbranched alkanes of at least 4 members (excludes halogenated alkanes) is 1. The Kier molecular flexibility index (Phi) is 27.5. The zero-order valence-corrected chi connectivity index (χ0v) is 23.7. The molecule has 3 N–H and O–H groups in total. The van der Waals surface area contributed by atoms with Crippen LogP contribution in [0.4, 0.5) is 0 Å². The van der Waals surface area contributed by atoms with Gasteiger partial charge in [0.25, 0.3) is 0 Å². The number of hydrogen-bond donors (Lipinski definition) is 3. The number of carbonyl (C=O) groups excluding carboxylic acids is 3. The number of ether oxygens (including phenoxy) is 7. The average molecular weight is 590 g/mol. The Labute approximate surface area is 239 Å². The summed E-state index contributed by atoms with van der Waals surface area (Å²) in [5, 5.41) is 15.3. The summed E-state index contributed by atoms with van der Waals surface area (Å²) in [6.45, 7) is 3.92. The highest BCUT2D eigenvalue weighted by molar-refractivity contribution is 5.85. The van der Waals surface area contributed by atoms with Crippen molar-refractivity contribution >= 4 is 23.8 Å². The molecule has 0 heterocycles. The SMILES string of the molecule is COC(=O)C(CCCCNC(=O)COCCOCCOCCN=[N+]=[N-])NC(=O)COCCOCCOCCN=C=N. The molecule has 0 saturated heterocycles. The third-order valence-corrected chi connectivity index (χ3v) is 4.84. The van der Waals surface area contributed by atoms with Crippen molar-refractivity contribution in [2.24, 2.45) is 10.1 Å². The van der Waals surface area contributed by atoms with E-state index in [1.165, 1.54) is 7.11 Å². The molecule has 41 heavy (non-hydrogen) atoms. The van der Waals surface area contributed by atoms with Crippen LogP contribution in [0, 0.1) is 5.41 Å². The molecule has 0 spiro atoms. The number of amides is 2. The molecule has 0 rings (SSSR count). The predicted molar refractivity (Wildman–Crippen MR) is 145 cm³/mol. The van der Waals surface area contributed by atoms with E-state index < -0.39 is 17.9 Å². The van der Waals surface area contributed by atoms with Crippen molar-refractivity contribution in [2.75, 3.05) is 106 Å². The van der Waals surface area contributed by atoms with Crippen molar-refractivity contribution in [3.05, 3.63) is 10.4 Å². The van der Waals surface area contributed by atoms with Crippen LogP contribution in [0.15, 0.2) is 10.1 Å². The highest BCUT2D eigenvalue weighted by Gasteiger charge is 2.21. The molecule has 0 bridgehead atoms. The van der Waals surface area contributed by atoms with Crippen LogP contribution in [0.5, 0.6) is 0 Å². The van der Waals surface area contributed by atoms with Gasteiger partial charge in [0.1, 0.15) is 19.3 Å². The summed E-state index contributed by atoms with van der Waals surface area (Å²) in [7, 11) is 1.24. The first-order valence-corrected chi connectivity index (χ1v) is 13.2. The number of esters is 1. The van der Waals surface area contributed by atoms with Gasteiger partial charge in [0.05, 0.1) is 85.7 Å². The lowest BCUT2D eigenvalue weighted by Crippen LogP contribution is -2.43. The molecule has 0 aromatic rings. The summed E-state index contributed by atoms with van der Waals surface area (Å²) in [6.07, 6.45) is 1.49. The number of nitrogens with one attached hydrogen (secondary N) is 3. The number of rotatable bonds is 29. The third-order valence-electron chi connectivity index (χ3n) is 4.84. The maximum atomic E-state index is 12.1. The lowest BCUT2D eigenvalue weighted by molar-refractivity contribution is -0.146. The molecular weight excluding hydrogens is 546 g/mol. The summed E-state index contributed by atoms with van der Waals surface area (Å²) in [5.74, 6) is -1.29. The quantitative estimate of drug-likeness (QED) is 0.0266. The predicted octanol–water partition coefficient (Wildman–Crippen LogP) is 0.0933. The van der Waals surface area contributed by atoms with Crippen LogP contribution in [0.1, 0.15) is 19.3 Å². The van der Waals surface area contributed by atoms with Crippen LogP contribution in [0.2, 0.25) is 0 Å². The molecule has 0 radical (unpaired) electrons. The van der Waals surface area contributed by atoms with E-state index in [-0.39, 0.29) is 45.5 Å². The number of methoxy groups -OCH3 is 1. The number of hydrogen-bond acceptors (Lipinski definition) is 13. The zero-order chi connectivity index (χ0) is 30.2. The molecule has 1 unspecified atom stereocenters. The number of nitrogens with zero attached hydrogens (tertiary/aromatic N) is 4. The molecule has 234 valence electrons. The van der Waals surface area contributed by atoms with Crippen molar-refractivity contribution in [1.29, 1.82) is 5.41 Å². The van der Waals surface area contributed by atoms with Crippen molar-refractivity contribution in [1.82, 2.24) is 10.6 Å². The van der Waals surface area contributed by atoms with Gasteiger partial charge < -0.3 is 43.8 Å². The van der Waals surface area contributed by atoms with E-state index in [4.69, 9.17) is 44.1 Å². The van der Waals surface area contributed by atoms with Crippen molar-refractivity contribution in [3.8, 4) is 0 Å². The van der Waals surface area contributed by atoms with Crippen LogP contribution in [-0.4, -0.2) is 136 Å². The number of azide groups is 1. The van der Waals surface area contributed by atoms with E-state index in [0.29, 0.717) is 78.6 Å². The average Bonchev–Trinajstić information content (AvgIpc) is 2.97. The first-order valence-electron chi connectivity index (χ1n) is 13.2. The molecule has 17 nitrogen and oxygen atoms in total. The smallest absolute Gasteiger partial charge is 0.328 e. The van der Waals surface area contributed by atoms with E-state index in [2.05, 4.69) is 25.7 Å². The largest absolute Gasteiger partial charge is 0.467 e. The third kappa shape index (κ3) is 26.8. The normalized spacial score (nSPS) is 11.1. The molecule has 0 aliphatic rings. The number of carbonyl (C=O) groups is 3. The second kappa shape index (κ2) is 29.8. The Bertz CT molecular complexity index is 793. The van der Waals surface area contributed by atoms with Crippen molar-refractivity contribution in [2.45, 2.75) is 25.3 Å². The van der Waals surface area contributed by atoms with E-state index in [9.17, 15) is 14.4 Å². The Hall–Kier alpha value is -3.14. The highest BCUT2D eigenvalue weighted by Crippen LogP contribution is 2.03. The second-order valence-electron chi connectivity index (χ2n) is 7.99. The molecule has 0 aromatic carbocycles. The fourth-order valence-corrected chi connectivity index (χ4v) is 2.91. The van der Waals surface area contributed by atoms with Crippen LogP contribution in [0.3, 0.4) is 0 Å². The van der Waals surface area contributed by atoms with Crippen LogP contribution in [-0.2, 0) is 47.5 Å². The van der Waals surface area contributed by atoms with Crippen molar-refractivity contribution < 1.29 is 47.5 Å². The van der Waals surface area contributed by atoms with Gasteiger partial charge in [-0.2, -0.15) is 0 Å². The van der Waals surface area contributed by atoms with E-state index in [1.54, 1.807) is 0 Å². The fraction of sp³-hybridized carbons (Fsp3) is 0.833. The Balaban J connectivity index is 3.79. The summed E-state index contributed by atoms with van der Waals surface area (Å²) in [6, 6.07) is 1.10. The van der Waals surface area contributed by atoms with Gasteiger partial charge >= 0.3 is 5.97 Å². The molecule has 0 saturated carbocycles. The topological polar surface area (TPSA) is 225 Å². The van der Waals surface area contributed by atoms with E-state index in [1.807, 2.05) is 6.01 Å². The van der Waals surface area contributed by atoms with Crippen molar-refractivity contribution in [3.63, 3.8) is 0 Å². The second-order valence-corrected chi connectivity index (χ2v) is 7.99. The summed E-state index contributed by atoms with van der Waals surface area (Å²) in [5.41, 5.74) is 8.13. The molecule has 0 aromatic heterocycles. The summed E-state index contributed by atoms with van der Waals surface area (Å²) >= 11 is 0. The molecule has 0 aliphatic heterocycles. The van der Waals surface area contributed by atoms with Gasteiger partial charge in [0.2, 0.25) is 11.8 Å². The van der Waals surface area contributed by atoms with Gasteiger partial charge in [-0.05, 0) is 24.8 Å². The maximum absolute atomic E-state index is 12.1. The van der Waals surface area contributed by atoms with Crippen LogP contribution in [0.25, 0.3) is 10.4 Å². The van der Waals surface area contributed by atoms with Gasteiger partial charge in [-0.1, -0.05) is 5.11 Å². The highest BCUT2D eigenvalue weighted by atomic mass is 16.6.